The van der Waals surface area contributed by atoms with Crippen molar-refractivity contribution >= 4 is 34.8 Å². The summed E-state index contributed by atoms with van der Waals surface area (Å²) in [5.41, 5.74) is 0.336. The third-order valence-electron chi connectivity index (χ3n) is 1.74. The monoisotopic (exact) mass is 246 g/mol. The lowest BCUT2D eigenvalue weighted by Gasteiger charge is -2.09. The van der Waals surface area contributed by atoms with Crippen LogP contribution in [0.1, 0.15) is 15.2 Å². The summed E-state index contributed by atoms with van der Waals surface area (Å²) in [4.78, 5) is 23.8. The average molecular weight is 247 g/mol. The average Bonchev–Trinajstić information content (AvgIpc) is 2.46. The van der Waals surface area contributed by atoms with E-state index >= 15 is 0 Å². The summed E-state index contributed by atoms with van der Waals surface area (Å²) in [5, 5.41) is 12.1. The summed E-state index contributed by atoms with van der Waals surface area (Å²) >= 11 is 7.03. The number of hydrogen-bond donors (Lipinski definition) is 0. The molecule has 0 fully saturated rings. The highest BCUT2D eigenvalue weighted by Crippen LogP contribution is 2.28. The number of rotatable bonds is 3. The lowest BCUT2D eigenvalue weighted by Crippen LogP contribution is -2.24. The highest BCUT2D eigenvalue weighted by Gasteiger charge is 2.17. The van der Waals surface area contributed by atoms with Gasteiger partial charge < -0.3 is 14.8 Å². The molecule has 1 rings (SSSR count). The fourth-order valence-electron chi connectivity index (χ4n) is 1.02. The van der Waals surface area contributed by atoms with E-state index in [1.165, 1.54) is 4.90 Å². The van der Waals surface area contributed by atoms with E-state index in [4.69, 9.17) is 11.6 Å². The molecule has 0 radical (unpaired) electrons. The topological polar surface area (TPSA) is 60.4 Å². The van der Waals surface area contributed by atoms with Gasteiger partial charge in [0.15, 0.2) is 0 Å². The largest absolute Gasteiger partial charge is 0.550 e. The summed E-state index contributed by atoms with van der Waals surface area (Å²) in [6, 6.07) is 0. The Kier molecular flexibility index (Phi) is 3.71. The standard InChI is InChI=1S/C9H10ClNO3S/c1-11(2)9(14)5-4-15-6(8(5)10)3-7(12)13/h4H,3H2,1-2H3,(H,12,13)/p-1. The van der Waals surface area contributed by atoms with Gasteiger partial charge in [0.1, 0.15) is 0 Å². The first-order valence-electron chi connectivity index (χ1n) is 4.10. The van der Waals surface area contributed by atoms with Crippen molar-refractivity contribution in [3.63, 3.8) is 0 Å². The molecule has 0 aliphatic carbocycles. The smallest absolute Gasteiger partial charge is 0.255 e. The molecule has 1 heterocycles. The second-order valence-electron chi connectivity index (χ2n) is 3.13. The zero-order valence-electron chi connectivity index (χ0n) is 8.24. The van der Waals surface area contributed by atoms with Crippen LogP contribution < -0.4 is 5.11 Å². The molecule has 0 atom stereocenters. The van der Waals surface area contributed by atoms with Crippen LogP contribution >= 0.6 is 22.9 Å². The lowest BCUT2D eigenvalue weighted by molar-refractivity contribution is -0.304. The summed E-state index contributed by atoms with van der Waals surface area (Å²) in [6.45, 7) is 0. The molecule has 0 unspecified atom stereocenters. The Balaban J connectivity index is 2.98. The maximum atomic E-state index is 11.5. The molecular weight excluding hydrogens is 238 g/mol. The van der Waals surface area contributed by atoms with E-state index in [1.807, 2.05) is 0 Å². The van der Waals surface area contributed by atoms with Crippen LogP contribution in [0.5, 0.6) is 0 Å². The Morgan fingerprint density at radius 3 is 2.60 bits per heavy atom. The maximum Gasteiger partial charge on any atom is 0.255 e. The first kappa shape index (κ1) is 12.0. The van der Waals surface area contributed by atoms with Crippen molar-refractivity contribution in [2.75, 3.05) is 14.1 Å². The van der Waals surface area contributed by atoms with Gasteiger partial charge in [-0.25, -0.2) is 0 Å². The molecule has 0 N–H and O–H groups in total. The molecule has 1 aromatic rings. The number of hydrogen-bond acceptors (Lipinski definition) is 4. The molecular formula is C9H9ClNO3S-. The van der Waals surface area contributed by atoms with E-state index in [1.54, 1.807) is 19.5 Å². The zero-order valence-corrected chi connectivity index (χ0v) is 9.82. The Morgan fingerprint density at radius 1 is 1.53 bits per heavy atom. The second kappa shape index (κ2) is 4.63. The molecule has 15 heavy (non-hydrogen) atoms. The van der Waals surface area contributed by atoms with Crippen LogP contribution in [0.4, 0.5) is 0 Å². The van der Waals surface area contributed by atoms with Crippen LogP contribution in [0.2, 0.25) is 5.02 Å². The van der Waals surface area contributed by atoms with E-state index < -0.39 is 5.97 Å². The van der Waals surface area contributed by atoms with Gasteiger partial charge >= 0.3 is 0 Å². The van der Waals surface area contributed by atoms with Gasteiger partial charge in [-0.15, -0.1) is 11.3 Å². The molecule has 0 saturated heterocycles. The van der Waals surface area contributed by atoms with Gasteiger partial charge in [-0.1, -0.05) is 11.6 Å². The van der Waals surface area contributed by atoms with Crippen molar-refractivity contribution in [3.05, 3.63) is 20.8 Å². The van der Waals surface area contributed by atoms with Gasteiger partial charge in [-0.05, 0) is 0 Å². The fourth-order valence-corrected chi connectivity index (χ4v) is 2.31. The normalized spacial score (nSPS) is 10.1. The highest BCUT2D eigenvalue weighted by atomic mass is 35.5. The van der Waals surface area contributed by atoms with Gasteiger partial charge in [-0.3, -0.25) is 4.79 Å². The Morgan fingerprint density at radius 2 is 2.13 bits per heavy atom. The Hall–Kier alpha value is -1.07. The van der Waals surface area contributed by atoms with Crippen molar-refractivity contribution in [2.45, 2.75) is 6.42 Å². The third kappa shape index (κ3) is 2.70. The third-order valence-corrected chi connectivity index (χ3v) is 3.27. The van der Waals surface area contributed by atoms with Gasteiger partial charge in [0.05, 0.1) is 10.6 Å². The molecule has 0 aliphatic rings. The number of carboxylic acid groups (broad SMARTS) is 1. The molecule has 0 bridgehead atoms. The van der Waals surface area contributed by atoms with Gasteiger partial charge in [0, 0.05) is 36.7 Å². The van der Waals surface area contributed by atoms with Crippen molar-refractivity contribution in [1.82, 2.24) is 4.90 Å². The van der Waals surface area contributed by atoms with Gasteiger partial charge in [0.2, 0.25) is 0 Å². The number of carbonyl (C=O) groups is 2. The van der Waals surface area contributed by atoms with E-state index in [0.29, 0.717) is 10.4 Å². The van der Waals surface area contributed by atoms with Crippen LogP contribution in [-0.4, -0.2) is 30.9 Å². The number of aliphatic carboxylic acids is 1. The summed E-state index contributed by atoms with van der Waals surface area (Å²) in [6.07, 6.45) is -0.260. The Bertz CT molecular complexity index is 400. The minimum Gasteiger partial charge on any atom is -0.550 e. The van der Waals surface area contributed by atoms with Crippen LogP contribution in [0, 0.1) is 0 Å². The number of carbonyl (C=O) groups excluding carboxylic acids is 2. The van der Waals surface area contributed by atoms with E-state index in [-0.39, 0.29) is 17.4 Å². The predicted molar refractivity (Wildman–Crippen MR) is 56.1 cm³/mol. The van der Waals surface area contributed by atoms with E-state index in [0.717, 1.165) is 11.3 Å². The molecule has 1 amide bonds. The van der Waals surface area contributed by atoms with Gasteiger partial charge in [0.25, 0.3) is 5.91 Å². The molecule has 4 nitrogen and oxygen atoms in total. The van der Waals surface area contributed by atoms with Crippen LogP contribution in [-0.2, 0) is 11.2 Å². The predicted octanol–water partition coefficient (Wildman–Crippen LogP) is 0.396. The first-order valence-corrected chi connectivity index (χ1v) is 5.36. The number of nitrogens with zero attached hydrogens (tertiary/aromatic N) is 1. The molecule has 0 spiro atoms. The van der Waals surface area contributed by atoms with E-state index in [2.05, 4.69) is 0 Å². The molecule has 0 aliphatic heterocycles. The summed E-state index contributed by atoms with van der Waals surface area (Å²) < 4.78 is 0. The summed E-state index contributed by atoms with van der Waals surface area (Å²) in [7, 11) is 3.21. The quantitative estimate of drug-likeness (QED) is 0.776. The van der Waals surface area contributed by atoms with Crippen molar-refractivity contribution in [2.24, 2.45) is 0 Å². The van der Waals surface area contributed by atoms with Crippen molar-refractivity contribution in [3.8, 4) is 0 Å². The van der Waals surface area contributed by atoms with E-state index in [9.17, 15) is 14.7 Å². The number of halogens is 1. The van der Waals surface area contributed by atoms with Crippen molar-refractivity contribution < 1.29 is 14.7 Å². The molecule has 82 valence electrons. The lowest BCUT2D eigenvalue weighted by atomic mass is 10.2. The minimum absolute atomic E-state index is 0.211. The molecule has 0 saturated carbocycles. The van der Waals surface area contributed by atoms with Crippen LogP contribution in [0.25, 0.3) is 0 Å². The highest BCUT2D eigenvalue weighted by molar-refractivity contribution is 7.11. The van der Waals surface area contributed by atoms with Gasteiger partial charge in [-0.2, -0.15) is 0 Å². The second-order valence-corrected chi connectivity index (χ2v) is 4.48. The summed E-state index contributed by atoms with van der Waals surface area (Å²) in [5.74, 6) is -1.44. The van der Waals surface area contributed by atoms with Crippen LogP contribution in [0.3, 0.4) is 0 Å². The van der Waals surface area contributed by atoms with Crippen molar-refractivity contribution in [1.29, 1.82) is 0 Å². The Labute approximate surface area is 96.1 Å². The zero-order chi connectivity index (χ0) is 11.6. The minimum atomic E-state index is -1.21. The fraction of sp³-hybridized carbons (Fsp3) is 0.333. The molecule has 6 heteroatoms. The molecule has 0 aromatic carbocycles. The number of carboxylic acids is 1. The SMILES string of the molecule is CN(C)C(=O)c1csc(CC(=O)[O-])c1Cl. The number of amides is 1. The van der Waals surface area contributed by atoms with Crippen LogP contribution in [0.15, 0.2) is 5.38 Å². The number of thiophene rings is 1. The first-order chi connectivity index (χ1) is 6.93. The molecule has 1 aromatic heterocycles. The maximum absolute atomic E-state index is 11.5.